The molecule has 0 spiro atoms. The monoisotopic (exact) mass is 335 g/mol. The Morgan fingerprint density at radius 3 is 3.05 bits per heavy atom. The minimum absolute atomic E-state index is 0.0702. The second-order valence-corrected chi connectivity index (χ2v) is 6.71. The molecule has 3 heterocycles. The van der Waals surface area contributed by atoms with E-state index in [4.69, 9.17) is 8.83 Å². The molecule has 114 valence electrons. The van der Waals surface area contributed by atoms with E-state index < -0.39 is 0 Å². The molecule has 0 saturated heterocycles. The summed E-state index contributed by atoms with van der Waals surface area (Å²) < 4.78 is 10.5. The zero-order valence-electron chi connectivity index (χ0n) is 11.7. The number of aromatic nitrogens is 2. The van der Waals surface area contributed by atoms with E-state index in [9.17, 15) is 4.79 Å². The van der Waals surface area contributed by atoms with Crippen molar-refractivity contribution in [2.75, 3.05) is 11.1 Å². The lowest BCUT2D eigenvalue weighted by Gasteiger charge is -2.07. The van der Waals surface area contributed by atoms with Gasteiger partial charge in [0.2, 0.25) is 5.91 Å². The number of amides is 1. The summed E-state index contributed by atoms with van der Waals surface area (Å²) in [5.41, 5.74) is 0. The van der Waals surface area contributed by atoms with Gasteiger partial charge in [-0.1, -0.05) is 11.2 Å². The normalized spacial score (nSPS) is 12.2. The quantitative estimate of drug-likeness (QED) is 0.737. The predicted octanol–water partition coefficient (Wildman–Crippen LogP) is 3.82. The maximum atomic E-state index is 11.9. The number of anilines is 1. The van der Waals surface area contributed by atoms with Crippen molar-refractivity contribution < 1.29 is 13.6 Å². The highest BCUT2D eigenvalue weighted by Crippen LogP contribution is 2.31. The molecule has 0 aliphatic carbocycles. The Kier molecular flexibility index (Phi) is 4.59. The minimum Gasteiger partial charge on any atom is -0.459 e. The number of thiophene rings is 1. The van der Waals surface area contributed by atoms with E-state index in [0.717, 1.165) is 0 Å². The molecule has 0 aliphatic rings. The Morgan fingerprint density at radius 1 is 1.41 bits per heavy atom. The fourth-order valence-corrected chi connectivity index (χ4v) is 3.48. The van der Waals surface area contributed by atoms with Gasteiger partial charge in [-0.05, 0) is 30.5 Å². The van der Waals surface area contributed by atoms with E-state index >= 15 is 0 Å². The Balaban J connectivity index is 1.52. The predicted molar refractivity (Wildman–Crippen MR) is 85.8 cm³/mol. The van der Waals surface area contributed by atoms with Gasteiger partial charge >= 0.3 is 6.01 Å². The third-order valence-electron chi connectivity index (χ3n) is 2.81. The molecule has 8 heteroatoms. The molecular weight excluding hydrogens is 322 g/mol. The van der Waals surface area contributed by atoms with Gasteiger partial charge in [-0.25, -0.2) is 0 Å². The molecule has 0 bridgehead atoms. The Labute approximate surface area is 134 Å². The molecule has 1 amide bonds. The summed E-state index contributed by atoms with van der Waals surface area (Å²) in [6, 6.07) is 7.57. The number of carbonyl (C=O) groups excluding carboxylic acids is 1. The van der Waals surface area contributed by atoms with Crippen LogP contribution in [0, 0.1) is 0 Å². The molecule has 1 N–H and O–H groups in total. The lowest BCUT2D eigenvalue weighted by atomic mass is 10.4. The van der Waals surface area contributed by atoms with E-state index in [-0.39, 0.29) is 23.1 Å². The fraction of sp³-hybridized carbons (Fsp3) is 0.214. The summed E-state index contributed by atoms with van der Waals surface area (Å²) in [6.07, 6.45) is 1.51. The van der Waals surface area contributed by atoms with Crippen LogP contribution in [0.2, 0.25) is 0 Å². The molecule has 0 aromatic carbocycles. The summed E-state index contributed by atoms with van der Waals surface area (Å²) in [5, 5.41) is 12.5. The van der Waals surface area contributed by atoms with Gasteiger partial charge in [-0.2, -0.15) is 0 Å². The van der Waals surface area contributed by atoms with E-state index in [1.807, 2.05) is 11.4 Å². The van der Waals surface area contributed by atoms with Crippen LogP contribution in [0.4, 0.5) is 6.01 Å². The van der Waals surface area contributed by atoms with Crippen LogP contribution in [0.1, 0.15) is 17.1 Å². The molecule has 0 aliphatic heterocycles. The van der Waals surface area contributed by atoms with Gasteiger partial charge in [0.15, 0.2) is 5.76 Å². The molecule has 3 aromatic heterocycles. The summed E-state index contributed by atoms with van der Waals surface area (Å²) in [6.45, 7) is 2.07. The highest BCUT2D eigenvalue weighted by molar-refractivity contribution is 8.00. The molecule has 3 aromatic rings. The van der Waals surface area contributed by atoms with Gasteiger partial charge in [-0.3, -0.25) is 10.1 Å². The Morgan fingerprint density at radius 2 is 2.32 bits per heavy atom. The first kappa shape index (κ1) is 14.9. The fourth-order valence-electron chi connectivity index (χ4n) is 1.73. The van der Waals surface area contributed by atoms with Crippen molar-refractivity contribution in [3.8, 4) is 11.7 Å². The van der Waals surface area contributed by atoms with Crippen molar-refractivity contribution in [3.05, 3.63) is 40.8 Å². The summed E-state index contributed by atoms with van der Waals surface area (Å²) in [7, 11) is 0. The zero-order valence-corrected chi connectivity index (χ0v) is 13.3. The molecule has 22 heavy (non-hydrogen) atoms. The van der Waals surface area contributed by atoms with Crippen molar-refractivity contribution in [2.24, 2.45) is 0 Å². The average Bonchev–Trinajstić information content (AvgIpc) is 3.23. The van der Waals surface area contributed by atoms with Crippen LogP contribution in [0.15, 0.2) is 44.7 Å². The number of rotatable bonds is 6. The average molecular weight is 335 g/mol. The first-order valence-corrected chi connectivity index (χ1v) is 8.47. The number of thioether (sulfide) groups is 1. The van der Waals surface area contributed by atoms with Crippen LogP contribution >= 0.6 is 23.1 Å². The minimum atomic E-state index is -0.178. The highest BCUT2D eigenvalue weighted by atomic mass is 32.2. The zero-order chi connectivity index (χ0) is 15.4. The van der Waals surface area contributed by atoms with Gasteiger partial charge in [0, 0.05) is 10.1 Å². The molecule has 3 rings (SSSR count). The topological polar surface area (TPSA) is 81.2 Å². The summed E-state index contributed by atoms with van der Waals surface area (Å²) in [4.78, 5) is 13.1. The van der Waals surface area contributed by atoms with Crippen molar-refractivity contribution in [2.45, 2.75) is 12.2 Å². The molecular formula is C14H13N3O3S2. The maximum absolute atomic E-state index is 11.9. The Bertz CT molecular complexity index is 722. The van der Waals surface area contributed by atoms with Crippen molar-refractivity contribution in [1.29, 1.82) is 0 Å². The number of hydrogen-bond acceptors (Lipinski definition) is 7. The lowest BCUT2D eigenvalue weighted by molar-refractivity contribution is -0.113. The molecule has 0 fully saturated rings. The van der Waals surface area contributed by atoms with E-state index in [1.165, 1.54) is 11.1 Å². The van der Waals surface area contributed by atoms with Crippen molar-refractivity contribution in [1.82, 2.24) is 10.2 Å². The van der Waals surface area contributed by atoms with Gasteiger partial charge in [0.05, 0.1) is 12.0 Å². The number of nitrogens with zero attached hydrogens (tertiary/aromatic N) is 2. The van der Waals surface area contributed by atoms with Crippen molar-refractivity contribution >= 4 is 35.0 Å². The number of furan rings is 1. The van der Waals surface area contributed by atoms with Gasteiger partial charge in [-0.15, -0.1) is 28.2 Å². The van der Waals surface area contributed by atoms with E-state index in [1.54, 1.807) is 35.2 Å². The third-order valence-corrected chi connectivity index (χ3v) is 5.20. The van der Waals surface area contributed by atoms with E-state index in [2.05, 4.69) is 28.5 Å². The largest absolute Gasteiger partial charge is 0.459 e. The van der Waals surface area contributed by atoms with Crippen LogP contribution in [0.5, 0.6) is 0 Å². The lowest BCUT2D eigenvalue weighted by Crippen LogP contribution is -2.14. The maximum Gasteiger partial charge on any atom is 0.322 e. The molecule has 1 unspecified atom stereocenters. The molecule has 0 radical (unpaired) electrons. The number of carbonyl (C=O) groups is 1. The first-order chi connectivity index (χ1) is 10.7. The second kappa shape index (κ2) is 6.80. The number of nitrogens with one attached hydrogen (secondary N) is 1. The summed E-state index contributed by atoms with van der Waals surface area (Å²) in [5.74, 6) is 0.842. The van der Waals surface area contributed by atoms with Crippen LogP contribution < -0.4 is 5.32 Å². The van der Waals surface area contributed by atoms with Gasteiger partial charge in [0.25, 0.3) is 5.89 Å². The highest BCUT2D eigenvalue weighted by Gasteiger charge is 2.14. The second-order valence-electron chi connectivity index (χ2n) is 4.41. The van der Waals surface area contributed by atoms with Gasteiger partial charge in [0.1, 0.15) is 0 Å². The van der Waals surface area contributed by atoms with Crippen LogP contribution in [-0.4, -0.2) is 21.9 Å². The standard InChI is InChI=1S/C14H13N3O3S2/c1-9(11-5-3-7-21-11)22-8-12(18)15-14-17-16-13(20-14)10-4-2-6-19-10/h2-7,9H,8H2,1H3,(H,15,17,18). The number of hydrogen-bond donors (Lipinski definition) is 1. The van der Waals surface area contributed by atoms with Crippen LogP contribution in [0.25, 0.3) is 11.7 Å². The van der Waals surface area contributed by atoms with Gasteiger partial charge < -0.3 is 8.83 Å². The third kappa shape index (κ3) is 3.58. The molecule has 0 saturated carbocycles. The van der Waals surface area contributed by atoms with E-state index in [0.29, 0.717) is 11.5 Å². The van der Waals surface area contributed by atoms with Crippen LogP contribution in [0.3, 0.4) is 0 Å². The molecule has 1 atom stereocenters. The van der Waals surface area contributed by atoms with Crippen molar-refractivity contribution in [3.63, 3.8) is 0 Å². The first-order valence-electron chi connectivity index (χ1n) is 6.54. The molecule has 6 nitrogen and oxygen atoms in total. The Hall–Kier alpha value is -2.06. The van der Waals surface area contributed by atoms with Crippen LogP contribution in [-0.2, 0) is 4.79 Å². The summed E-state index contributed by atoms with van der Waals surface area (Å²) >= 11 is 3.24. The SMILES string of the molecule is CC(SCC(=O)Nc1nnc(-c2ccco2)o1)c1cccs1. The smallest absolute Gasteiger partial charge is 0.322 e.